The maximum atomic E-state index is 14.3. The van der Waals surface area contributed by atoms with E-state index in [-0.39, 0.29) is 37.0 Å². The molecule has 0 spiro atoms. The highest BCUT2D eigenvalue weighted by Gasteiger charge is 2.56. The van der Waals surface area contributed by atoms with Crippen molar-refractivity contribution in [2.75, 3.05) is 11.9 Å². The van der Waals surface area contributed by atoms with E-state index >= 15 is 0 Å². The number of hydrogen-bond donors (Lipinski definition) is 2. The second-order valence-electron chi connectivity index (χ2n) is 10.3. The summed E-state index contributed by atoms with van der Waals surface area (Å²) in [6.45, 7) is 4.90. The number of aromatic nitrogens is 3. The molecule has 0 aliphatic carbocycles. The van der Waals surface area contributed by atoms with E-state index in [0.29, 0.717) is 11.4 Å². The van der Waals surface area contributed by atoms with E-state index in [9.17, 15) is 27.6 Å². The molecule has 208 valence electrons. The number of rotatable bonds is 6. The third-order valence-electron chi connectivity index (χ3n) is 6.43. The lowest BCUT2D eigenvalue weighted by atomic mass is 9.82. The number of nitrogens with zero attached hydrogens (tertiary/aromatic N) is 4. The van der Waals surface area contributed by atoms with Crippen LogP contribution in [0.25, 0.3) is 0 Å². The Bertz CT molecular complexity index is 1340. The lowest BCUT2D eigenvalue weighted by Crippen LogP contribution is -2.55. The van der Waals surface area contributed by atoms with Crippen molar-refractivity contribution < 1.29 is 32.0 Å². The van der Waals surface area contributed by atoms with Gasteiger partial charge in [-0.25, -0.2) is 0 Å². The molecule has 39 heavy (non-hydrogen) atoms. The molecule has 0 saturated carbocycles. The highest BCUT2D eigenvalue weighted by molar-refractivity contribution is 5.99. The van der Waals surface area contributed by atoms with Crippen molar-refractivity contribution in [2.24, 2.45) is 17.1 Å². The van der Waals surface area contributed by atoms with Crippen molar-refractivity contribution in [2.45, 2.75) is 52.4 Å². The first-order valence-electron chi connectivity index (χ1n) is 12.3. The van der Waals surface area contributed by atoms with E-state index in [2.05, 4.69) is 15.4 Å². The number of nitrogens with two attached hydrogens (primary N) is 1. The van der Waals surface area contributed by atoms with Crippen LogP contribution in [0.1, 0.15) is 60.6 Å². The van der Waals surface area contributed by atoms with Gasteiger partial charge in [0.05, 0.1) is 6.26 Å². The lowest BCUT2D eigenvalue weighted by molar-refractivity contribution is -0.201. The van der Waals surface area contributed by atoms with E-state index in [4.69, 9.17) is 10.2 Å². The van der Waals surface area contributed by atoms with Crippen LogP contribution in [0.4, 0.5) is 19.1 Å². The average Bonchev–Trinajstić information content (AvgIpc) is 3.56. The Kier molecular flexibility index (Phi) is 7.64. The molecule has 3 aromatic rings. The van der Waals surface area contributed by atoms with Crippen LogP contribution in [-0.2, 0) is 22.7 Å². The van der Waals surface area contributed by atoms with Gasteiger partial charge >= 0.3 is 12.1 Å². The van der Waals surface area contributed by atoms with E-state index in [1.807, 2.05) is 24.3 Å². The van der Waals surface area contributed by atoms with Gasteiger partial charge in [0, 0.05) is 31.0 Å². The number of hydrogen-bond acceptors (Lipinski definition) is 8. The Morgan fingerprint density at radius 2 is 1.79 bits per heavy atom. The number of halogens is 3. The number of alkyl halides is 3. The van der Waals surface area contributed by atoms with Crippen molar-refractivity contribution in [1.29, 1.82) is 0 Å². The average molecular weight is 547 g/mol. The predicted molar refractivity (Wildman–Crippen MR) is 133 cm³/mol. The molecule has 1 saturated heterocycles. The fourth-order valence-electron chi connectivity index (χ4n) is 4.36. The lowest BCUT2D eigenvalue weighted by Gasteiger charge is -2.38. The molecule has 3 heterocycles. The molecule has 3 N–H and O–H groups in total. The van der Waals surface area contributed by atoms with Gasteiger partial charge in [0.15, 0.2) is 11.6 Å². The number of imide groups is 1. The molecule has 1 fully saturated rings. The van der Waals surface area contributed by atoms with Gasteiger partial charge in [0.2, 0.25) is 17.8 Å². The monoisotopic (exact) mass is 546 g/mol. The third kappa shape index (κ3) is 5.87. The topological polar surface area (TPSA) is 136 Å². The maximum absolute atomic E-state index is 14.3. The van der Waals surface area contributed by atoms with Crippen molar-refractivity contribution in [3.63, 3.8) is 0 Å². The summed E-state index contributed by atoms with van der Waals surface area (Å²) >= 11 is 0. The summed E-state index contributed by atoms with van der Waals surface area (Å²) in [5.41, 5.74) is 6.29. The van der Waals surface area contributed by atoms with Gasteiger partial charge in [-0.05, 0) is 29.7 Å². The van der Waals surface area contributed by atoms with Gasteiger partial charge in [-0.3, -0.25) is 19.3 Å². The first kappa shape index (κ1) is 28.0. The molecule has 1 aliphatic rings. The minimum Gasteiger partial charge on any atom is -0.459 e. The van der Waals surface area contributed by atoms with Crippen LogP contribution in [0.3, 0.4) is 0 Å². The summed E-state index contributed by atoms with van der Waals surface area (Å²) in [4.78, 5) is 43.7. The molecule has 0 bridgehead atoms. The minimum absolute atomic E-state index is 0.101. The SMILES string of the molecule is CC(C)(C)C(=O)N1CCC(c2nc(NCc3ccc(CN)cc3)n(C(=O)c3ccco3)n2)C(C(F)(F)F)C1=O. The third-order valence-corrected chi connectivity index (χ3v) is 6.43. The van der Waals surface area contributed by atoms with Crippen LogP contribution >= 0.6 is 0 Å². The van der Waals surface area contributed by atoms with Gasteiger partial charge in [-0.2, -0.15) is 22.8 Å². The first-order valence-corrected chi connectivity index (χ1v) is 12.3. The smallest absolute Gasteiger partial charge is 0.401 e. The van der Waals surface area contributed by atoms with E-state index in [1.165, 1.54) is 39.2 Å². The molecule has 1 aliphatic heterocycles. The van der Waals surface area contributed by atoms with Gasteiger partial charge in [-0.15, -0.1) is 5.10 Å². The summed E-state index contributed by atoms with van der Waals surface area (Å²) in [6.07, 6.45) is -3.93. The molecule has 2 aromatic heterocycles. The Labute approximate surface area is 222 Å². The molecule has 2 atom stereocenters. The zero-order valence-corrected chi connectivity index (χ0v) is 21.7. The molecule has 2 amide bonds. The second-order valence-corrected chi connectivity index (χ2v) is 10.3. The second kappa shape index (κ2) is 10.6. The fraction of sp³-hybridized carbons (Fsp3) is 0.423. The van der Waals surface area contributed by atoms with Gasteiger partial charge in [0.1, 0.15) is 5.92 Å². The summed E-state index contributed by atoms with van der Waals surface area (Å²) in [6, 6.07) is 10.1. The van der Waals surface area contributed by atoms with Gasteiger partial charge < -0.3 is 15.5 Å². The van der Waals surface area contributed by atoms with Crippen LogP contribution in [0.15, 0.2) is 47.1 Å². The number of anilines is 1. The van der Waals surface area contributed by atoms with Gasteiger partial charge in [-0.1, -0.05) is 45.0 Å². The number of piperidine rings is 1. The number of benzene rings is 1. The molecule has 0 radical (unpaired) electrons. The molecule has 2 unspecified atom stereocenters. The molecular weight excluding hydrogens is 517 g/mol. The Balaban J connectivity index is 1.69. The van der Waals surface area contributed by atoms with Crippen molar-refractivity contribution in [3.05, 3.63) is 65.4 Å². The number of carbonyl (C=O) groups is 3. The Morgan fingerprint density at radius 3 is 2.36 bits per heavy atom. The molecular formula is C26H29F3N6O4. The summed E-state index contributed by atoms with van der Waals surface area (Å²) < 4.78 is 48.7. The minimum atomic E-state index is -4.98. The molecule has 4 rings (SSSR count). The van der Waals surface area contributed by atoms with E-state index in [0.717, 1.165) is 15.8 Å². The first-order chi connectivity index (χ1) is 18.3. The maximum Gasteiger partial charge on any atom is 0.401 e. The molecule has 10 nitrogen and oxygen atoms in total. The number of furan rings is 1. The highest BCUT2D eigenvalue weighted by atomic mass is 19.4. The van der Waals surface area contributed by atoms with Crippen molar-refractivity contribution in [3.8, 4) is 0 Å². The Hall–Kier alpha value is -4.00. The van der Waals surface area contributed by atoms with Crippen LogP contribution in [0.5, 0.6) is 0 Å². The fourth-order valence-corrected chi connectivity index (χ4v) is 4.36. The highest BCUT2D eigenvalue weighted by Crippen LogP contribution is 2.43. The van der Waals surface area contributed by atoms with E-state index < -0.39 is 41.1 Å². The van der Waals surface area contributed by atoms with Crippen molar-refractivity contribution >= 4 is 23.7 Å². The Morgan fingerprint density at radius 1 is 1.13 bits per heavy atom. The largest absolute Gasteiger partial charge is 0.459 e. The summed E-state index contributed by atoms with van der Waals surface area (Å²) in [5.74, 6) is -7.42. The normalized spacial score (nSPS) is 18.3. The zero-order chi connectivity index (χ0) is 28.5. The van der Waals surface area contributed by atoms with Crippen molar-refractivity contribution in [1.82, 2.24) is 19.7 Å². The summed E-state index contributed by atoms with van der Waals surface area (Å²) in [7, 11) is 0. The van der Waals surface area contributed by atoms with Crippen LogP contribution in [-0.4, -0.2) is 50.1 Å². The van der Waals surface area contributed by atoms with Gasteiger partial charge in [0.25, 0.3) is 0 Å². The van der Waals surface area contributed by atoms with Crippen LogP contribution in [0, 0.1) is 11.3 Å². The standard InChI is InChI=1S/C26H29F3N6O4/c1-25(2,3)23(38)34-11-10-17(19(22(34)37)26(27,28)29)20-32-24(31-14-16-8-6-15(13-30)7-9-16)35(33-20)21(36)18-5-4-12-39-18/h4-9,12,17,19H,10-11,13-14,30H2,1-3H3,(H,31,32,33). The quantitative estimate of drug-likeness (QED) is 0.478. The number of amides is 2. The molecule has 1 aromatic carbocycles. The molecule has 13 heteroatoms. The van der Waals surface area contributed by atoms with Crippen LogP contribution in [0.2, 0.25) is 0 Å². The number of nitrogens with one attached hydrogen (secondary N) is 1. The zero-order valence-electron chi connectivity index (χ0n) is 21.7. The number of carbonyl (C=O) groups excluding carboxylic acids is 3. The van der Waals surface area contributed by atoms with Crippen LogP contribution < -0.4 is 11.1 Å². The predicted octanol–water partition coefficient (Wildman–Crippen LogP) is 3.70. The number of likely N-dealkylation sites (tertiary alicyclic amines) is 1. The van der Waals surface area contributed by atoms with E-state index in [1.54, 1.807) is 0 Å². The summed E-state index contributed by atoms with van der Waals surface area (Å²) in [5, 5.41) is 7.05.